The molecule has 29 heavy (non-hydrogen) atoms. The van der Waals surface area contributed by atoms with Gasteiger partial charge in [0.2, 0.25) is 0 Å². The number of esters is 1. The van der Waals surface area contributed by atoms with Gasteiger partial charge in [0.25, 0.3) is 5.91 Å². The van der Waals surface area contributed by atoms with Crippen molar-refractivity contribution in [2.45, 2.75) is 13.8 Å². The molecule has 0 aliphatic rings. The van der Waals surface area contributed by atoms with E-state index in [-0.39, 0.29) is 22.8 Å². The first-order valence-corrected chi connectivity index (χ1v) is 9.23. The van der Waals surface area contributed by atoms with Crippen LogP contribution in [0.25, 0.3) is 17.0 Å². The molecular formula is C23H21NO5. The van der Waals surface area contributed by atoms with Gasteiger partial charge in [0, 0.05) is 24.1 Å². The summed E-state index contributed by atoms with van der Waals surface area (Å²) in [6.07, 6.45) is 2.96. The Balaban J connectivity index is 1.75. The minimum absolute atomic E-state index is 0.0614. The maximum atomic E-state index is 12.2. The van der Waals surface area contributed by atoms with Gasteiger partial charge in [-0.05, 0) is 35.8 Å². The number of hydrogen-bond acceptors (Lipinski definition) is 5. The van der Waals surface area contributed by atoms with Gasteiger partial charge in [0.05, 0.1) is 0 Å². The lowest BCUT2D eigenvalue weighted by atomic mass is 10.1. The highest BCUT2D eigenvalue weighted by Crippen LogP contribution is 2.21. The molecule has 3 aromatic rings. The lowest BCUT2D eigenvalue weighted by Gasteiger charge is -2.08. The first kappa shape index (κ1) is 20.1. The molecule has 6 nitrogen and oxygen atoms in total. The summed E-state index contributed by atoms with van der Waals surface area (Å²) >= 11 is 0. The summed E-state index contributed by atoms with van der Waals surface area (Å²) in [5.74, 6) is -0.531. The third-order valence-corrected chi connectivity index (χ3v) is 4.05. The smallest absolute Gasteiger partial charge is 0.349 e. The van der Waals surface area contributed by atoms with Crippen molar-refractivity contribution in [2.75, 3.05) is 6.54 Å². The Kier molecular flexibility index (Phi) is 6.24. The summed E-state index contributed by atoms with van der Waals surface area (Å²) in [5, 5.41) is 3.25. The van der Waals surface area contributed by atoms with Crippen molar-refractivity contribution in [2.24, 2.45) is 5.92 Å². The molecule has 0 aliphatic heterocycles. The van der Waals surface area contributed by atoms with Crippen molar-refractivity contribution < 1.29 is 18.7 Å². The lowest BCUT2D eigenvalue weighted by Crippen LogP contribution is -2.31. The van der Waals surface area contributed by atoms with Crippen molar-refractivity contribution in [3.05, 3.63) is 82.2 Å². The molecule has 2 aromatic carbocycles. The fourth-order valence-corrected chi connectivity index (χ4v) is 2.58. The highest BCUT2D eigenvalue weighted by Gasteiger charge is 2.14. The van der Waals surface area contributed by atoms with Gasteiger partial charge in [-0.25, -0.2) is 9.59 Å². The zero-order chi connectivity index (χ0) is 20.8. The maximum Gasteiger partial charge on any atom is 0.349 e. The van der Waals surface area contributed by atoms with Gasteiger partial charge in [-0.3, -0.25) is 4.79 Å². The molecule has 148 valence electrons. The number of rotatable bonds is 6. The van der Waals surface area contributed by atoms with Crippen LogP contribution in [-0.2, 0) is 4.79 Å². The number of amides is 1. The van der Waals surface area contributed by atoms with Gasteiger partial charge in [0.15, 0.2) is 0 Å². The second-order valence-corrected chi connectivity index (χ2v) is 6.92. The maximum absolute atomic E-state index is 12.2. The number of nitrogens with one attached hydrogen (secondary N) is 1. The van der Waals surface area contributed by atoms with Crippen molar-refractivity contribution in [1.82, 2.24) is 5.32 Å². The fraction of sp³-hybridized carbons (Fsp3) is 0.174. The first-order valence-electron chi connectivity index (χ1n) is 9.23. The molecule has 0 fully saturated rings. The Hall–Kier alpha value is -3.67. The van der Waals surface area contributed by atoms with Crippen LogP contribution in [0.2, 0.25) is 0 Å². The zero-order valence-corrected chi connectivity index (χ0v) is 16.2. The predicted molar refractivity (Wildman–Crippen MR) is 111 cm³/mol. The molecule has 1 aromatic heterocycles. The molecule has 3 rings (SSSR count). The van der Waals surface area contributed by atoms with E-state index < -0.39 is 17.5 Å². The van der Waals surface area contributed by atoms with Crippen LogP contribution in [0.5, 0.6) is 5.75 Å². The highest BCUT2D eigenvalue weighted by atomic mass is 16.5. The van der Waals surface area contributed by atoms with Crippen molar-refractivity contribution in [3.8, 4) is 5.75 Å². The van der Waals surface area contributed by atoms with Gasteiger partial charge in [-0.1, -0.05) is 44.2 Å². The van der Waals surface area contributed by atoms with Gasteiger partial charge >= 0.3 is 11.6 Å². The Morgan fingerprint density at radius 3 is 2.59 bits per heavy atom. The second kappa shape index (κ2) is 9.01. The Labute approximate surface area is 167 Å². The van der Waals surface area contributed by atoms with Gasteiger partial charge < -0.3 is 14.5 Å². The molecule has 0 saturated heterocycles. The van der Waals surface area contributed by atoms with Crippen LogP contribution in [0.15, 0.2) is 69.9 Å². The predicted octanol–water partition coefficient (Wildman–Crippen LogP) is 3.80. The Bertz CT molecular complexity index is 1110. The lowest BCUT2D eigenvalue weighted by molar-refractivity contribution is -0.128. The fourth-order valence-electron chi connectivity index (χ4n) is 2.58. The van der Waals surface area contributed by atoms with Crippen molar-refractivity contribution in [1.29, 1.82) is 0 Å². The van der Waals surface area contributed by atoms with Gasteiger partial charge in [0.1, 0.15) is 16.9 Å². The molecule has 6 heteroatoms. The topological polar surface area (TPSA) is 85.6 Å². The van der Waals surface area contributed by atoms with Crippen LogP contribution >= 0.6 is 0 Å². The molecule has 0 atom stereocenters. The molecule has 0 radical (unpaired) electrons. The zero-order valence-electron chi connectivity index (χ0n) is 16.2. The Morgan fingerprint density at radius 2 is 1.86 bits per heavy atom. The molecule has 0 spiro atoms. The van der Waals surface area contributed by atoms with Crippen LogP contribution in [0, 0.1) is 5.92 Å². The molecule has 1 amide bonds. The minimum atomic E-state index is -0.744. The van der Waals surface area contributed by atoms with E-state index in [0.29, 0.717) is 11.9 Å². The first-order chi connectivity index (χ1) is 13.9. The normalized spacial score (nSPS) is 11.1. The summed E-state index contributed by atoms with van der Waals surface area (Å²) in [7, 11) is 0. The largest absolute Gasteiger partial charge is 0.423 e. The number of carbonyl (C=O) groups is 2. The van der Waals surface area contributed by atoms with Crippen LogP contribution in [0.3, 0.4) is 0 Å². The molecule has 0 unspecified atom stereocenters. The van der Waals surface area contributed by atoms with E-state index in [1.54, 1.807) is 18.2 Å². The van der Waals surface area contributed by atoms with Crippen molar-refractivity contribution in [3.63, 3.8) is 0 Å². The third-order valence-electron chi connectivity index (χ3n) is 4.05. The van der Waals surface area contributed by atoms with E-state index in [2.05, 4.69) is 5.32 Å². The molecular weight excluding hydrogens is 370 g/mol. The van der Waals surface area contributed by atoms with E-state index in [1.807, 2.05) is 44.2 Å². The number of hydrogen-bond donors (Lipinski definition) is 1. The van der Waals surface area contributed by atoms with E-state index in [9.17, 15) is 14.4 Å². The quantitative estimate of drug-likeness (QED) is 0.299. The number of carbonyl (C=O) groups excluding carboxylic acids is 2. The summed E-state index contributed by atoms with van der Waals surface area (Å²) < 4.78 is 10.5. The van der Waals surface area contributed by atoms with Crippen LogP contribution < -0.4 is 15.7 Å². The van der Waals surface area contributed by atoms with E-state index in [1.165, 1.54) is 18.2 Å². The van der Waals surface area contributed by atoms with E-state index in [0.717, 1.165) is 5.56 Å². The van der Waals surface area contributed by atoms with Crippen LogP contribution in [0.1, 0.15) is 29.8 Å². The summed E-state index contributed by atoms with van der Waals surface area (Å²) in [4.78, 5) is 36.3. The summed E-state index contributed by atoms with van der Waals surface area (Å²) in [6.45, 7) is 4.38. The summed E-state index contributed by atoms with van der Waals surface area (Å²) in [5.41, 5.74) is 0.296. The molecule has 1 N–H and O–H groups in total. The summed E-state index contributed by atoms with van der Waals surface area (Å²) in [6, 6.07) is 15.5. The monoisotopic (exact) mass is 391 g/mol. The number of ether oxygens (including phenoxy) is 1. The molecule has 0 aliphatic carbocycles. The third kappa shape index (κ3) is 5.42. The van der Waals surface area contributed by atoms with Crippen molar-refractivity contribution >= 4 is 28.9 Å². The van der Waals surface area contributed by atoms with E-state index >= 15 is 0 Å². The van der Waals surface area contributed by atoms with Gasteiger partial charge in [-0.15, -0.1) is 0 Å². The van der Waals surface area contributed by atoms with Crippen LogP contribution in [-0.4, -0.2) is 18.4 Å². The van der Waals surface area contributed by atoms with Crippen LogP contribution in [0.4, 0.5) is 0 Å². The SMILES string of the molecule is CC(C)CNC(=O)c1cc2ccc(OC(=O)/C=C/c3ccccc3)cc2oc1=O. The average molecular weight is 391 g/mol. The standard InChI is InChI=1S/C23H21NO5/c1-15(2)14-24-22(26)19-12-17-9-10-18(13-20(17)29-23(19)27)28-21(25)11-8-16-6-4-3-5-7-16/h3-13,15H,14H2,1-2H3,(H,24,26)/b11-8+. The molecule has 0 saturated carbocycles. The van der Waals surface area contributed by atoms with Gasteiger partial charge in [-0.2, -0.15) is 0 Å². The average Bonchev–Trinajstić information content (AvgIpc) is 2.70. The van der Waals surface area contributed by atoms with E-state index in [4.69, 9.17) is 9.15 Å². The number of benzene rings is 2. The molecule has 0 bridgehead atoms. The minimum Gasteiger partial charge on any atom is -0.423 e. The highest BCUT2D eigenvalue weighted by molar-refractivity contribution is 5.97. The Morgan fingerprint density at radius 1 is 1.10 bits per heavy atom. The second-order valence-electron chi connectivity index (χ2n) is 6.92. The molecule has 1 heterocycles. The number of fused-ring (bicyclic) bond motifs is 1.